The van der Waals surface area contributed by atoms with Crippen LogP contribution < -0.4 is 5.32 Å². The van der Waals surface area contributed by atoms with Crippen LogP contribution in [0.15, 0.2) is 54.1 Å². The Kier molecular flexibility index (Phi) is 5.46. The van der Waals surface area contributed by atoms with Gasteiger partial charge in [-0.25, -0.2) is 9.07 Å². The quantitative estimate of drug-likeness (QED) is 0.653. The van der Waals surface area contributed by atoms with Gasteiger partial charge in [0.2, 0.25) is 0 Å². The molecule has 1 amide bonds. The maximum absolute atomic E-state index is 13.1. The lowest BCUT2D eigenvalue weighted by atomic mass is 9.97. The molecule has 1 aliphatic carbocycles. The van der Waals surface area contributed by atoms with Gasteiger partial charge in [-0.15, -0.1) is 5.10 Å². The van der Waals surface area contributed by atoms with Crippen molar-refractivity contribution in [2.45, 2.75) is 38.6 Å². The Balaban J connectivity index is 1.41. The summed E-state index contributed by atoms with van der Waals surface area (Å²) in [5, 5.41) is 11.3. The molecule has 1 aromatic heterocycles. The van der Waals surface area contributed by atoms with Gasteiger partial charge in [0.1, 0.15) is 11.3 Å². The zero-order valence-corrected chi connectivity index (χ0v) is 15.7. The van der Waals surface area contributed by atoms with E-state index < -0.39 is 0 Å². The van der Waals surface area contributed by atoms with E-state index in [-0.39, 0.29) is 11.7 Å². The Morgan fingerprint density at radius 3 is 2.79 bits per heavy atom. The van der Waals surface area contributed by atoms with E-state index in [0.717, 1.165) is 30.3 Å². The minimum absolute atomic E-state index is 0.0913. The van der Waals surface area contributed by atoms with Crippen molar-refractivity contribution >= 4 is 16.9 Å². The van der Waals surface area contributed by atoms with Crippen molar-refractivity contribution in [1.29, 1.82) is 0 Å². The number of fused-ring (bicyclic) bond motifs is 1. The molecule has 1 heterocycles. The molecule has 2 aromatic carbocycles. The summed E-state index contributed by atoms with van der Waals surface area (Å²) in [6.07, 6.45) is 8.07. The maximum Gasteiger partial charge on any atom is 0.251 e. The van der Waals surface area contributed by atoms with E-state index >= 15 is 0 Å². The van der Waals surface area contributed by atoms with Crippen molar-refractivity contribution in [1.82, 2.24) is 20.3 Å². The average Bonchev–Trinajstić information content (AvgIpc) is 3.12. The van der Waals surface area contributed by atoms with Crippen LogP contribution in [-0.2, 0) is 6.54 Å². The molecule has 0 saturated carbocycles. The number of halogens is 1. The molecule has 0 bridgehead atoms. The van der Waals surface area contributed by atoms with Gasteiger partial charge in [0.05, 0.1) is 12.1 Å². The second kappa shape index (κ2) is 8.33. The van der Waals surface area contributed by atoms with Crippen LogP contribution in [0, 0.1) is 5.82 Å². The molecule has 1 N–H and O–H groups in total. The summed E-state index contributed by atoms with van der Waals surface area (Å²) in [5.41, 5.74) is 4.48. The fourth-order valence-electron chi connectivity index (χ4n) is 3.56. The number of hydrogen-bond donors (Lipinski definition) is 1. The highest BCUT2D eigenvalue weighted by molar-refractivity contribution is 5.97. The highest BCUT2D eigenvalue weighted by atomic mass is 19.1. The molecule has 3 aromatic rings. The lowest BCUT2D eigenvalue weighted by molar-refractivity contribution is 0.0954. The number of allylic oxidation sites excluding steroid dienone is 1. The van der Waals surface area contributed by atoms with E-state index in [1.807, 2.05) is 6.07 Å². The summed E-state index contributed by atoms with van der Waals surface area (Å²) in [6, 6.07) is 11.7. The monoisotopic (exact) mass is 378 g/mol. The molecule has 1 aliphatic rings. The van der Waals surface area contributed by atoms with Crippen LogP contribution in [0.25, 0.3) is 11.0 Å². The van der Waals surface area contributed by atoms with E-state index in [1.165, 1.54) is 30.5 Å². The Hall–Kier alpha value is -3.02. The number of amides is 1. The highest BCUT2D eigenvalue weighted by Gasteiger charge is 2.11. The molecule has 6 heteroatoms. The summed E-state index contributed by atoms with van der Waals surface area (Å²) in [4.78, 5) is 12.4. The standard InChI is InChI=1S/C22H23FN4O/c23-19-9-6-17(7-10-19)15-27-21-11-8-18(14-20(21)25-26-27)22(28)24-13-12-16-4-2-1-3-5-16/h4,6-11,14H,1-3,5,12-13,15H2,(H,24,28). The zero-order chi connectivity index (χ0) is 19.3. The number of carbonyl (C=O) groups is 1. The van der Waals surface area contributed by atoms with E-state index in [9.17, 15) is 9.18 Å². The lowest BCUT2D eigenvalue weighted by Crippen LogP contribution is -2.24. The normalized spacial score (nSPS) is 14.1. The van der Waals surface area contributed by atoms with Gasteiger partial charge in [0.25, 0.3) is 5.91 Å². The molecule has 0 radical (unpaired) electrons. The maximum atomic E-state index is 13.1. The van der Waals surface area contributed by atoms with Crippen molar-refractivity contribution in [3.63, 3.8) is 0 Å². The third kappa shape index (κ3) is 4.27. The average molecular weight is 378 g/mol. The molecule has 28 heavy (non-hydrogen) atoms. The topological polar surface area (TPSA) is 59.8 Å². The van der Waals surface area contributed by atoms with Gasteiger partial charge in [-0.3, -0.25) is 4.79 Å². The van der Waals surface area contributed by atoms with Crippen LogP contribution in [0.3, 0.4) is 0 Å². The Morgan fingerprint density at radius 1 is 1.14 bits per heavy atom. The van der Waals surface area contributed by atoms with Gasteiger partial charge < -0.3 is 5.32 Å². The van der Waals surface area contributed by atoms with Crippen molar-refractivity contribution in [2.24, 2.45) is 0 Å². The number of hydrogen-bond acceptors (Lipinski definition) is 3. The number of aromatic nitrogens is 3. The first-order valence-electron chi connectivity index (χ1n) is 9.73. The van der Waals surface area contributed by atoms with E-state index in [2.05, 4.69) is 21.7 Å². The molecular formula is C22H23FN4O. The van der Waals surface area contributed by atoms with Crippen LogP contribution in [0.1, 0.15) is 48.0 Å². The molecule has 0 spiro atoms. The van der Waals surface area contributed by atoms with Crippen molar-refractivity contribution in [3.05, 3.63) is 71.1 Å². The van der Waals surface area contributed by atoms with E-state index in [1.54, 1.807) is 28.9 Å². The molecule has 0 aliphatic heterocycles. The minimum atomic E-state index is -0.261. The number of nitrogens with one attached hydrogen (secondary N) is 1. The zero-order valence-electron chi connectivity index (χ0n) is 15.7. The van der Waals surface area contributed by atoms with Crippen LogP contribution in [-0.4, -0.2) is 27.4 Å². The summed E-state index contributed by atoms with van der Waals surface area (Å²) >= 11 is 0. The first-order chi connectivity index (χ1) is 13.7. The van der Waals surface area contributed by atoms with E-state index in [0.29, 0.717) is 24.2 Å². The van der Waals surface area contributed by atoms with Gasteiger partial charge in [-0.1, -0.05) is 29.0 Å². The number of carbonyl (C=O) groups excluding carboxylic acids is 1. The predicted molar refractivity (Wildman–Crippen MR) is 107 cm³/mol. The molecular weight excluding hydrogens is 355 g/mol. The Labute approximate surface area is 163 Å². The molecule has 144 valence electrons. The second-order valence-electron chi connectivity index (χ2n) is 7.19. The fraction of sp³-hybridized carbons (Fsp3) is 0.318. The van der Waals surface area contributed by atoms with Crippen molar-refractivity contribution in [2.75, 3.05) is 6.54 Å². The van der Waals surface area contributed by atoms with Gasteiger partial charge in [0, 0.05) is 12.1 Å². The largest absolute Gasteiger partial charge is 0.352 e. The van der Waals surface area contributed by atoms with Crippen molar-refractivity contribution in [3.8, 4) is 0 Å². The Bertz CT molecular complexity index is 1010. The molecule has 0 unspecified atom stereocenters. The SMILES string of the molecule is O=C(NCCC1=CCCCC1)c1ccc2c(c1)nnn2Cc1ccc(F)cc1. The number of nitrogens with zero attached hydrogens (tertiary/aromatic N) is 3. The van der Waals surface area contributed by atoms with Gasteiger partial charge in [0.15, 0.2) is 0 Å². The Morgan fingerprint density at radius 2 is 2.00 bits per heavy atom. The third-order valence-corrected chi connectivity index (χ3v) is 5.14. The fourth-order valence-corrected chi connectivity index (χ4v) is 3.56. The molecule has 5 nitrogen and oxygen atoms in total. The smallest absolute Gasteiger partial charge is 0.251 e. The lowest BCUT2D eigenvalue weighted by Gasteiger charge is -2.13. The number of rotatable bonds is 6. The van der Waals surface area contributed by atoms with Crippen LogP contribution in [0.2, 0.25) is 0 Å². The van der Waals surface area contributed by atoms with Crippen LogP contribution in [0.4, 0.5) is 4.39 Å². The highest BCUT2D eigenvalue weighted by Crippen LogP contribution is 2.20. The van der Waals surface area contributed by atoms with Gasteiger partial charge in [-0.2, -0.15) is 0 Å². The molecule has 0 atom stereocenters. The van der Waals surface area contributed by atoms with Crippen LogP contribution >= 0.6 is 0 Å². The van der Waals surface area contributed by atoms with Gasteiger partial charge >= 0.3 is 0 Å². The minimum Gasteiger partial charge on any atom is -0.352 e. The molecule has 0 fully saturated rings. The first kappa shape index (κ1) is 18.3. The van der Waals surface area contributed by atoms with Crippen molar-refractivity contribution < 1.29 is 9.18 Å². The molecule has 0 saturated heterocycles. The summed E-state index contributed by atoms with van der Waals surface area (Å²) in [6.45, 7) is 1.15. The molecule has 4 rings (SSSR count). The van der Waals surface area contributed by atoms with Crippen LogP contribution in [0.5, 0.6) is 0 Å². The summed E-state index contributed by atoms with van der Waals surface area (Å²) in [7, 11) is 0. The summed E-state index contributed by atoms with van der Waals surface area (Å²) < 4.78 is 14.8. The number of benzene rings is 2. The second-order valence-corrected chi connectivity index (χ2v) is 7.19. The summed E-state index contributed by atoms with van der Waals surface area (Å²) in [5.74, 6) is -0.353. The predicted octanol–water partition coefficient (Wildman–Crippen LogP) is 4.24. The first-order valence-corrected chi connectivity index (χ1v) is 9.73. The third-order valence-electron chi connectivity index (χ3n) is 5.14. The van der Waals surface area contributed by atoms with Gasteiger partial charge in [-0.05, 0) is 68.0 Å². The van der Waals surface area contributed by atoms with E-state index in [4.69, 9.17) is 0 Å².